The van der Waals surface area contributed by atoms with Crippen molar-refractivity contribution in [1.29, 1.82) is 0 Å². The van der Waals surface area contributed by atoms with Crippen LogP contribution in [0.2, 0.25) is 0 Å². The van der Waals surface area contributed by atoms with Crippen LogP contribution in [-0.2, 0) is 14.3 Å². The fraction of sp³-hybridized carbons (Fsp3) is 0.810. The second kappa shape index (κ2) is 6.21. The summed E-state index contributed by atoms with van der Waals surface area (Å²) in [7, 11) is 0. The fourth-order valence-electron chi connectivity index (χ4n) is 6.90. The van der Waals surface area contributed by atoms with Gasteiger partial charge in [-0.2, -0.15) is 0 Å². The number of halogens is 1. The number of alkyl halides is 1. The Hall–Kier alpha value is -0.640. The van der Waals surface area contributed by atoms with Gasteiger partial charge < -0.3 is 4.74 Å². The first-order chi connectivity index (χ1) is 11.9. The summed E-state index contributed by atoms with van der Waals surface area (Å²) in [6.07, 6.45) is 10.7. The van der Waals surface area contributed by atoms with Crippen LogP contribution < -0.4 is 0 Å². The Balaban J connectivity index is 1.59. The van der Waals surface area contributed by atoms with Gasteiger partial charge in [0, 0.05) is 11.8 Å². The minimum Gasteiger partial charge on any atom is -0.461 e. The topological polar surface area (TPSA) is 43.4 Å². The molecule has 6 unspecified atom stereocenters. The number of hydrogen-bond donors (Lipinski definition) is 0. The van der Waals surface area contributed by atoms with Gasteiger partial charge in [0.25, 0.3) is 0 Å². The van der Waals surface area contributed by atoms with E-state index >= 15 is 0 Å². The van der Waals surface area contributed by atoms with Gasteiger partial charge in [-0.3, -0.25) is 9.59 Å². The lowest BCUT2D eigenvalue weighted by Gasteiger charge is -2.57. The molecular formula is C21H29BrO3. The maximum Gasteiger partial charge on any atom is 0.316 e. The number of esters is 1. The standard InChI is InChI=1S/C21H29BrO3/c1-20-9-7-14(23)11-13(20)3-4-15-16-5-6-18(25-19(24)12-22)21(16,2)10-8-17(15)20/h11,15-18H,3-10,12H2,1-2H3. The molecule has 4 rings (SSSR count). The van der Waals surface area contributed by atoms with Gasteiger partial charge in [0.2, 0.25) is 0 Å². The quantitative estimate of drug-likeness (QED) is 0.485. The summed E-state index contributed by atoms with van der Waals surface area (Å²) >= 11 is 3.22. The molecule has 0 radical (unpaired) electrons. The monoisotopic (exact) mass is 408 g/mol. The maximum absolute atomic E-state index is 11.9. The molecule has 0 aliphatic heterocycles. The van der Waals surface area contributed by atoms with Crippen LogP contribution in [0.4, 0.5) is 0 Å². The third-order valence-corrected chi connectivity index (χ3v) is 8.72. The molecule has 0 aromatic rings. The van der Waals surface area contributed by atoms with Crippen LogP contribution in [0.1, 0.15) is 65.2 Å². The normalized spacial score (nSPS) is 45.9. The summed E-state index contributed by atoms with van der Waals surface area (Å²) in [6, 6.07) is 0. The Bertz CT molecular complexity index is 627. The van der Waals surface area contributed by atoms with E-state index < -0.39 is 0 Å². The lowest BCUT2D eigenvalue weighted by molar-refractivity contribution is -0.156. The SMILES string of the molecule is CC12CCC(=O)C=C1CCC1C2CCC2(C)C(OC(=O)CBr)CCC12. The van der Waals surface area contributed by atoms with Gasteiger partial charge in [-0.25, -0.2) is 0 Å². The molecule has 3 saturated carbocycles. The molecule has 0 amide bonds. The Kier molecular flexibility index (Phi) is 4.41. The van der Waals surface area contributed by atoms with Gasteiger partial charge >= 0.3 is 5.97 Å². The van der Waals surface area contributed by atoms with E-state index in [9.17, 15) is 9.59 Å². The summed E-state index contributed by atoms with van der Waals surface area (Å²) < 4.78 is 5.82. The van der Waals surface area contributed by atoms with Crippen LogP contribution in [0.5, 0.6) is 0 Å². The molecule has 0 aromatic carbocycles. The van der Waals surface area contributed by atoms with E-state index in [0.717, 1.165) is 38.0 Å². The number of allylic oxidation sites excluding steroid dienone is 1. The minimum absolute atomic E-state index is 0.0844. The Morgan fingerprint density at radius 2 is 1.96 bits per heavy atom. The van der Waals surface area contributed by atoms with Crippen LogP contribution >= 0.6 is 15.9 Å². The Morgan fingerprint density at radius 1 is 1.16 bits per heavy atom. The third kappa shape index (κ3) is 2.65. The largest absolute Gasteiger partial charge is 0.461 e. The molecule has 0 aromatic heterocycles. The Morgan fingerprint density at radius 3 is 2.72 bits per heavy atom. The van der Waals surface area contributed by atoms with Gasteiger partial charge in [-0.15, -0.1) is 0 Å². The zero-order valence-corrected chi connectivity index (χ0v) is 16.9. The molecule has 4 aliphatic rings. The highest BCUT2D eigenvalue weighted by atomic mass is 79.9. The molecule has 25 heavy (non-hydrogen) atoms. The van der Waals surface area contributed by atoms with E-state index in [1.807, 2.05) is 6.08 Å². The number of ether oxygens (including phenoxy) is 1. The minimum atomic E-state index is -0.124. The van der Waals surface area contributed by atoms with Crippen molar-refractivity contribution in [1.82, 2.24) is 0 Å². The number of hydrogen-bond acceptors (Lipinski definition) is 3. The van der Waals surface area contributed by atoms with Crippen molar-refractivity contribution in [2.75, 3.05) is 5.33 Å². The first kappa shape index (κ1) is 17.8. The van der Waals surface area contributed by atoms with Gasteiger partial charge in [0.1, 0.15) is 11.4 Å². The number of carbonyl (C=O) groups excluding carboxylic acids is 2. The molecule has 3 fully saturated rings. The van der Waals surface area contributed by atoms with Gasteiger partial charge in [0.15, 0.2) is 5.78 Å². The van der Waals surface area contributed by atoms with E-state index in [1.165, 1.54) is 24.8 Å². The molecular weight excluding hydrogens is 380 g/mol. The van der Waals surface area contributed by atoms with Crippen LogP contribution in [-0.4, -0.2) is 23.2 Å². The highest BCUT2D eigenvalue weighted by Gasteiger charge is 2.59. The van der Waals surface area contributed by atoms with Crippen molar-refractivity contribution in [2.24, 2.45) is 28.6 Å². The lowest BCUT2D eigenvalue weighted by Crippen LogP contribution is -2.51. The average Bonchev–Trinajstić information content (AvgIpc) is 2.92. The first-order valence-corrected chi connectivity index (χ1v) is 11.0. The van der Waals surface area contributed by atoms with Gasteiger partial charge in [0.05, 0.1) is 0 Å². The van der Waals surface area contributed by atoms with Crippen molar-refractivity contribution in [3.8, 4) is 0 Å². The number of carbonyl (C=O) groups is 2. The molecule has 138 valence electrons. The van der Waals surface area contributed by atoms with Gasteiger partial charge in [-0.05, 0) is 74.2 Å². The molecule has 0 saturated heterocycles. The maximum atomic E-state index is 11.9. The summed E-state index contributed by atoms with van der Waals surface area (Å²) in [6.45, 7) is 4.78. The zero-order chi connectivity index (χ0) is 17.8. The van der Waals surface area contributed by atoms with Crippen molar-refractivity contribution in [3.05, 3.63) is 11.6 Å². The first-order valence-electron chi connectivity index (χ1n) is 9.88. The molecule has 6 atom stereocenters. The van der Waals surface area contributed by atoms with Crippen LogP contribution in [0.25, 0.3) is 0 Å². The van der Waals surface area contributed by atoms with Crippen molar-refractivity contribution in [2.45, 2.75) is 71.3 Å². The van der Waals surface area contributed by atoms with Crippen LogP contribution in [0, 0.1) is 28.6 Å². The fourth-order valence-corrected chi connectivity index (χ4v) is 7.03. The molecule has 0 spiro atoms. The number of rotatable bonds is 2. The van der Waals surface area contributed by atoms with Crippen molar-refractivity contribution in [3.63, 3.8) is 0 Å². The average molecular weight is 409 g/mol. The molecule has 0 N–H and O–H groups in total. The van der Waals surface area contributed by atoms with E-state index in [2.05, 4.69) is 29.8 Å². The van der Waals surface area contributed by atoms with E-state index in [0.29, 0.717) is 17.6 Å². The smallest absolute Gasteiger partial charge is 0.316 e. The lowest BCUT2D eigenvalue weighted by atomic mass is 9.47. The predicted molar refractivity (Wildman–Crippen MR) is 100 cm³/mol. The second-order valence-corrected chi connectivity index (χ2v) is 9.76. The Labute approximate surface area is 159 Å². The van der Waals surface area contributed by atoms with Crippen LogP contribution in [0.15, 0.2) is 11.6 Å². The molecule has 4 heteroatoms. The highest BCUT2D eigenvalue weighted by molar-refractivity contribution is 9.09. The summed E-state index contributed by atoms with van der Waals surface area (Å²) in [5.41, 5.74) is 1.79. The van der Waals surface area contributed by atoms with Gasteiger partial charge in [-0.1, -0.05) is 35.4 Å². The molecule has 0 heterocycles. The van der Waals surface area contributed by atoms with E-state index in [1.54, 1.807) is 0 Å². The van der Waals surface area contributed by atoms with Crippen molar-refractivity contribution < 1.29 is 14.3 Å². The summed E-state index contributed by atoms with van der Waals surface area (Å²) in [4.78, 5) is 23.7. The number of ketones is 1. The summed E-state index contributed by atoms with van der Waals surface area (Å²) in [5, 5.41) is 0.288. The second-order valence-electron chi connectivity index (χ2n) is 9.20. The molecule has 3 nitrogen and oxygen atoms in total. The molecule has 0 bridgehead atoms. The molecule has 4 aliphatic carbocycles. The number of fused-ring (bicyclic) bond motifs is 5. The zero-order valence-electron chi connectivity index (χ0n) is 15.4. The third-order valence-electron chi connectivity index (χ3n) is 8.26. The van der Waals surface area contributed by atoms with Crippen LogP contribution in [0.3, 0.4) is 0 Å². The van der Waals surface area contributed by atoms with E-state index in [4.69, 9.17) is 4.74 Å². The highest BCUT2D eigenvalue weighted by Crippen LogP contribution is 2.65. The van der Waals surface area contributed by atoms with Crippen molar-refractivity contribution >= 4 is 27.7 Å². The predicted octanol–water partition coefficient (Wildman–Crippen LogP) is 4.83. The summed E-state index contributed by atoms with van der Waals surface area (Å²) in [5.74, 6) is 2.29. The van der Waals surface area contributed by atoms with E-state index in [-0.39, 0.29) is 28.2 Å².